The first-order valence-electron chi connectivity index (χ1n) is 4.86. The Morgan fingerprint density at radius 3 is 2.80 bits per heavy atom. The topological polar surface area (TPSA) is 47.0 Å². The van der Waals surface area contributed by atoms with Crippen molar-refractivity contribution in [2.45, 2.75) is 19.9 Å². The summed E-state index contributed by atoms with van der Waals surface area (Å²) in [5.41, 5.74) is 0. The second-order valence-electron chi connectivity index (χ2n) is 3.51. The van der Waals surface area contributed by atoms with E-state index >= 15 is 0 Å². The lowest BCUT2D eigenvalue weighted by Crippen LogP contribution is -2.25. The van der Waals surface area contributed by atoms with E-state index in [1.165, 1.54) is 6.33 Å². The summed E-state index contributed by atoms with van der Waals surface area (Å²) < 4.78 is 5.01. The van der Waals surface area contributed by atoms with E-state index < -0.39 is 0 Å². The summed E-state index contributed by atoms with van der Waals surface area (Å²) >= 11 is 5.77. The second kappa shape index (κ2) is 5.75. The smallest absolute Gasteiger partial charge is 0.218 e. The molecule has 1 aromatic heterocycles. The Morgan fingerprint density at radius 2 is 2.20 bits per heavy atom. The van der Waals surface area contributed by atoms with Gasteiger partial charge in [-0.3, -0.25) is 0 Å². The van der Waals surface area contributed by atoms with Crippen molar-refractivity contribution in [1.29, 1.82) is 0 Å². The largest absolute Gasteiger partial charge is 0.481 e. The van der Waals surface area contributed by atoms with Crippen LogP contribution in [0.2, 0.25) is 0 Å². The van der Waals surface area contributed by atoms with Gasteiger partial charge in [-0.05, 0) is 12.8 Å². The van der Waals surface area contributed by atoms with Gasteiger partial charge in [-0.25, -0.2) is 9.97 Å². The molecule has 0 aromatic carbocycles. The number of hydrogen-bond donors (Lipinski definition) is 1. The van der Waals surface area contributed by atoms with Gasteiger partial charge in [0.05, 0.1) is 7.11 Å². The maximum Gasteiger partial charge on any atom is 0.218 e. The monoisotopic (exact) mass is 229 g/mol. The lowest BCUT2D eigenvalue weighted by Gasteiger charge is -2.19. The Kier molecular flexibility index (Phi) is 4.62. The predicted molar refractivity (Wildman–Crippen MR) is 61.6 cm³/mol. The summed E-state index contributed by atoms with van der Waals surface area (Å²) in [5, 5.41) is 3.25. The molecule has 4 nitrogen and oxygen atoms in total. The molecule has 0 spiro atoms. The zero-order valence-electron chi connectivity index (χ0n) is 9.20. The highest BCUT2D eigenvalue weighted by atomic mass is 35.5. The average molecular weight is 230 g/mol. The van der Waals surface area contributed by atoms with Crippen molar-refractivity contribution in [2.24, 2.45) is 5.92 Å². The van der Waals surface area contributed by atoms with Crippen LogP contribution in [0, 0.1) is 5.92 Å². The molecule has 2 atom stereocenters. The van der Waals surface area contributed by atoms with Crippen molar-refractivity contribution in [3.63, 3.8) is 0 Å². The lowest BCUT2D eigenvalue weighted by atomic mass is 10.1. The highest BCUT2D eigenvalue weighted by molar-refractivity contribution is 6.18. The Hall–Kier alpha value is -1.03. The number of ether oxygens (including phenoxy) is 1. The number of halogens is 1. The zero-order valence-corrected chi connectivity index (χ0v) is 9.95. The van der Waals surface area contributed by atoms with Gasteiger partial charge in [0.2, 0.25) is 5.88 Å². The lowest BCUT2D eigenvalue weighted by molar-refractivity contribution is 0.397. The first-order chi connectivity index (χ1) is 7.17. The van der Waals surface area contributed by atoms with Crippen LogP contribution < -0.4 is 10.1 Å². The Bertz CT molecular complexity index is 308. The summed E-state index contributed by atoms with van der Waals surface area (Å²) in [5.74, 6) is 2.31. The van der Waals surface area contributed by atoms with Gasteiger partial charge >= 0.3 is 0 Å². The number of nitrogens with one attached hydrogen (secondary N) is 1. The number of alkyl halides is 1. The molecule has 0 aliphatic rings. The molecule has 0 aliphatic heterocycles. The molecule has 0 bridgehead atoms. The van der Waals surface area contributed by atoms with Crippen molar-refractivity contribution < 1.29 is 4.74 Å². The van der Waals surface area contributed by atoms with E-state index in [0.717, 1.165) is 5.82 Å². The van der Waals surface area contributed by atoms with E-state index in [4.69, 9.17) is 16.3 Å². The second-order valence-corrected chi connectivity index (χ2v) is 3.82. The van der Waals surface area contributed by atoms with Gasteiger partial charge in [0, 0.05) is 18.0 Å². The Balaban J connectivity index is 2.63. The third-order valence-corrected chi connectivity index (χ3v) is 2.81. The molecule has 0 saturated heterocycles. The van der Waals surface area contributed by atoms with Crippen LogP contribution in [0.4, 0.5) is 5.82 Å². The maximum atomic E-state index is 5.77. The number of anilines is 1. The van der Waals surface area contributed by atoms with Gasteiger partial charge in [0.1, 0.15) is 12.1 Å². The van der Waals surface area contributed by atoms with E-state index in [2.05, 4.69) is 29.1 Å². The Morgan fingerprint density at radius 1 is 1.47 bits per heavy atom. The van der Waals surface area contributed by atoms with Crippen LogP contribution in [0.15, 0.2) is 12.4 Å². The Labute approximate surface area is 95.0 Å². The normalized spacial score (nSPS) is 14.4. The molecule has 0 amide bonds. The molecule has 1 rings (SSSR count). The molecular weight excluding hydrogens is 214 g/mol. The third kappa shape index (κ3) is 3.55. The van der Waals surface area contributed by atoms with Crippen LogP contribution in [0.3, 0.4) is 0 Å². The minimum absolute atomic E-state index is 0.266. The van der Waals surface area contributed by atoms with Gasteiger partial charge in [-0.2, -0.15) is 0 Å². The van der Waals surface area contributed by atoms with Gasteiger partial charge < -0.3 is 10.1 Å². The van der Waals surface area contributed by atoms with Gasteiger partial charge in [0.25, 0.3) is 0 Å². The molecule has 1 aromatic rings. The molecule has 0 radical (unpaired) electrons. The molecule has 5 heteroatoms. The molecular formula is C10H16ClN3O. The minimum atomic E-state index is 0.266. The summed E-state index contributed by atoms with van der Waals surface area (Å²) in [6, 6.07) is 2.03. The average Bonchev–Trinajstić information content (AvgIpc) is 2.28. The van der Waals surface area contributed by atoms with Gasteiger partial charge in [-0.1, -0.05) is 6.92 Å². The van der Waals surface area contributed by atoms with E-state index in [1.807, 2.05) is 0 Å². The quantitative estimate of drug-likeness (QED) is 0.787. The van der Waals surface area contributed by atoms with E-state index in [-0.39, 0.29) is 6.04 Å². The molecule has 1 N–H and O–H groups in total. The number of hydrogen-bond acceptors (Lipinski definition) is 4. The van der Waals surface area contributed by atoms with Crippen LogP contribution in [-0.2, 0) is 0 Å². The van der Waals surface area contributed by atoms with Crippen molar-refractivity contribution in [2.75, 3.05) is 18.3 Å². The molecule has 84 valence electrons. The number of nitrogens with zero attached hydrogens (tertiary/aromatic N) is 2. The maximum absolute atomic E-state index is 5.77. The van der Waals surface area contributed by atoms with Crippen LogP contribution in [-0.4, -0.2) is 29.0 Å². The first-order valence-corrected chi connectivity index (χ1v) is 5.39. The van der Waals surface area contributed by atoms with Crippen molar-refractivity contribution in [3.05, 3.63) is 12.4 Å². The predicted octanol–water partition coefficient (Wildman–Crippen LogP) is 2.16. The highest BCUT2D eigenvalue weighted by Crippen LogP contribution is 2.14. The standard InChI is InChI=1S/C10H16ClN3O/c1-7(5-11)8(2)14-9-4-10(15-3)13-6-12-9/h4,6-8H,5H2,1-3H3,(H,12,13,14). The summed E-state index contributed by atoms with van der Waals surface area (Å²) in [6.45, 7) is 4.16. The van der Waals surface area contributed by atoms with Crippen LogP contribution >= 0.6 is 11.6 Å². The van der Waals surface area contributed by atoms with Gasteiger partial charge in [-0.15, -0.1) is 11.6 Å². The fraction of sp³-hybridized carbons (Fsp3) is 0.600. The molecule has 0 fully saturated rings. The number of aromatic nitrogens is 2. The molecule has 0 saturated carbocycles. The van der Waals surface area contributed by atoms with Crippen molar-refractivity contribution in [3.8, 4) is 5.88 Å². The molecule has 0 aliphatic carbocycles. The SMILES string of the molecule is COc1cc(NC(C)C(C)CCl)ncn1. The van der Waals surface area contributed by atoms with E-state index in [1.54, 1.807) is 13.2 Å². The van der Waals surface area contributed by atoms with E-state index in [0.29, 0.717) is 17.7 Å². The summed E-state index contributed by atoms with van der Waals surface area (Å²) in [6.07, 6.45) is 1.47. The van der Waals surface area contributed by atoms with E-state index in [9.17, 15) is 0 Å². The fourth-order valence-corrected chi connectivity index (χ4v) is 1.31. The van der Waals surface area contributed by atoms with Crippen molar-refractivity contribution >= 4 is 17.4 Å². The summed E-state index contributed by atoms with van der Waals surface area (Å²) in [4.78, 5) is 8.03. The van der Waals surface area contributed by atoms with Crippen LogP contribution in [0.25, 0.3) is 0 Å². The zero-order chi connectivity index (χ0) is 11.3. The van der Waals surface area contributed by atoms with Gasteiger partial charge in [0.15, 0.2) is 0 Å². The number of methoxy groups -OCH3 is 1. The van der Waals surface area contributed by atoms with Crippen molar-refractivity contribution in [1.82, 2.24) is 9.97 Å². The first kappa shape index (κ1) is 12.0. The highest BCUT2D eigenvalue weighted by Gasteiger charge is 2.11. The summed E-state index contributed by atoms with van der Waals surface area (Å²) in [7, 11) is 1.58. The molecule has 2 unspecified atom stereocenters. The third-order valence-electron chi connectivity index (χ3n) is 2.32. The fourth-order valence-electron chi connectivity index (χ4n) is 1.04. The molecule has 1 heterocycles. The van der Waals surface area contributed by atoms with Crippen LogP contribution in [0.5, 0.6) is 5.88 Å². The number of rotatable bonds is 5. The molecule has 15 heavy (non-hydrogen) atoms. The minimum Gasteiger partial charge on any atom is -0.481 e. The van der Waals surface area contributed by atoms with Crippen LogP contribution in [0.1, 0.15) is 13.8 Å².